The van der Waals surface area contributed by atoms with Gasteiger partial charge in [0.2, 0.25) is 15.9 Å². The zero-order chi connectivity index (χ0) is 21.1. The van der Waals surface area contributed by atoms with Crippen LogP contribution in [0.2, 0.25) is 5.02 Å². The molecule has 1 atom stereocenters. The van der Waals surface area contributed by atoms with Crippen LogP contribution in [0.4, 0.5) is 5.69 Å². The van der Waals surface area contributed by atoms with E-state index in [1.165, 1.54) is 0 Å². The fraction of sp³-hybridized carbons (Fsp3) is 0.579. The summed E-state index contributed by atoms with van der Waals surface area (Å²) in [7, 11) is -3.72. The molecule has 28 heavy (non-hydrogen) atoms. The fourth-order valence-corrected chi connectivity index (χ4v) is 4.84. The van der Waals surface area contributed by atoms with Gasteiger partial charge in [0, 0.05) is 18.1 Å². The molecule has 9 heteroatoms. The fourth-order valence-electron chi connectivity index (χ4n) is 3.45. The lowest BCUT2D eigenvalue weighted by Crippen LogP contribution is -2.52. The molecule has 156 valence electrons. The number of ether oxygens (including phenoxy) is 1. The Morgan fingerprint density at radius 2 is 1.93 bits per heavy atom. The largest absolute Gasteiger partial charge is 0.466 e. The van der Waals surface area contributed by atoms with Gasteiger partial charge in [-0.3, -0.25) is 13.9 Å². The van der Waals surface area contributed by atoms with Gasteiger partial charge in [-0.1, -0.05) is 17.7 Å². The molecule has 0 bridgehead atoms. The molecule has 1 aliphatic rings. The number of carbonyl (C=O) groups excluding carboxylic acids is 2. The SMILES string of the molecule is CCOC(=O)C1CCN(C(=O)[C@@H](C)N(c2cc(Cl)ccc2C)S(C)(=O)=O)CC1. The van der Waals surface area contributed by atoms with Gasteiger partial charge in [0.15, 0.2) is 0 Å². The lowest BCUT2D eigenvalue weighted by Gasteiger charge is -2.36. The molecule has 1 aromatic rings. The van der Waals surface area contributed by atoms with Crippen molar-refractivity contribution in [2.45, 2.75) is 39.7 Å². The van der Waals surface area contributed by atoms with Gasteiger partial charge in [0.25, 0.3) is 0 Å². The average molecular weight is 431 g/mol. The lowest BCUT2D eigenvalue weighted by molar-refractivity contribution is -0.151. The molecule has 1 aromatic carbocycles. The van der Waals surface area contributed by atoms with Crippen molar-refractivity contribution in [1.82, 2.24) is 4.90 Å². The summed E-state index contributed by atoms with van der Waals surface area (Å²) < 4.78 is 31.1. The number of aryl methyl sites for hydroxylation is 1. The van der Waals surface area contributed by atoms with Crippen LogP contribution >= 0.6 is 11.6 Å². The summed E-state index contributed by atoms with van der Waals surface area (Å²) in [6, 6.07) is 4.02. The Balaban J connectivity index is 2.19. The number of rotatable bonds is 6. The van der Waals surface area contributed by atoms with Gasteiger partial charge in [-0.05, 0) is 51.3 Å². The van der Waals surface area contributed by atoms with Gasteiger partial charge >= 0.3 is 5.97 Å². The first kappa shape index (κ1) is 22.5. The third-order valence-corrected chi connectivity index (χ3v) is 6.36. The van der Waals surface area contributed by atoms with Crippen LogP contribution in [-0.4, -0.2) is 57.2 Å². The second kappa shape index (κ2) is 9.13. The predicted octanol–water partition coefficient (Wildman–Crippen LogP) is 2.60. The third-order valence-electron chi connectivity index (χ3n) is 4.90. The molecule has 1 aliphatic heterocycles. The predicted molar refractivity (Wildman–Crippen MR) is 109 cm³/mol. The molecule has 0 unspecified atom stereocenters. The Morgan fingerprint density at radius 3 is 2.46 bits per heavy atom. The molecule has 2 rings (SSSR count). The van der Waals surface area contributed by atoms with Crippen molar-refractivity contribution in [3.63, 3.8) is 0 Å². The van der Waals surface area contributed by atoms with E-state index < -0.39 is 16.1 Å². The standard InChI is InChI=1S/C19H27ClN2O5S/c1-5-27-19(24)15-8-10-21(11-9-15)18(23)14(3)22(28(4,25)26)17-12-16(20)7-6-13(17)2/h6-7,12,14-15H,5,8-11H2,1-4H3/t14-/m1/s1. The molecule has 1 amide bonds. The highest BCUT2D eigenvalue weighted by Gasteiger charge is 2.35. The number of anilines is 1. The van der Waals surface area contributed by atoms with E-state index in [1.54, 1.807) is 43.9 Å². The zero-order valence-electron chi connectivity index (χ0n) is 16.6. The Hall–Kier alpha value is -1.80. The molecule has 1 saturated heterocycles. The number of amides is 1. The van der Waals surface area contributed by atoms with E-state index in [0.717, 1.165) is 10.6 Å². The molecule has 1 fully saturated rings. The Morgan fingerprint density at radius 1 is 1.32 bits per heavy atom. The number of sulfonamides is 1. The van der Waals surface area contributed by atoms with Crippen molar-refractivity contribution < 1.29 is 22.7 Å². The number of piperidine rings is 1. The summed E-state index contributed by atoms with van der Waals surface area (Å²) in [6.45, 7) is 6.21. The van der Waals surface area contributed by atoms with E-state index in [9.17, 15) is 18.0 Å². The Labute approximate surface area is 171 Å². The first-order valence-electron chi connectivity index (χ1n) is 9.27. The van der Waals surface area contributed by atoms with Gasteiger partial charge < -0.3 is 9.64 Å². The second-order valence-corrected chi connectivity index (χ2v) is 9.31. The summed E-state index contributed by atoms with van der Waals surface area (Å²) >= 11 is 6.05. The number of halogens is 1. The minimum atomic E-state index is -3.72. The van der Waals surface area contributed by atoms with Gasteiger partial charge in [0.1, 0.15) is 6.04 Å². The van der Waals surface area contributed by atoms with Crippen molar-refractivity contribution in [3.8, 4) is 0 Å². The van der Waals surface area contributed by atoms with Crippen LogP contribution in [0.5, 0.6) is 0 Å². The van der Waals surface area contributed by atoms with Crippen LogP contribution in [-0.2, 0) is 24.3 Å². The maximum atomic E-state index is 13.0. The van der Waals surface area contributed by atoms with Crippen molar-refractivity contribution in [2.24, 2.45) is 5.92 Å². The smallest absolute Gasteiger partial charge is 0.309 e. The highest BCUT2D eigenvalue weighted by Crippen LogP contribution is 2.29. The van der Waals surface area contributed by atoms with Crippen molar-refractivity contribution in [2.75, 3.05) is 30.3 Å². The third kappa shape index (κ3) is 5.17. The summed E-state index contributed by atoms with van der Waals surface area (Å²) in [4.78, 5) is 26.5. The van der Waals surface area contributed by atoms with Crippen molar-refractivity contribution >= 4 is 39.2 Å². The van der Waals surface area contributed by atoms with Gasteiger partial charge in [-0.15, -0.1) is 0 Å². The minimum absolute atomic E-state index is 0.222. The number of hydrogen-bond acceptors (Lipinski definition) is 5. The number of carbonyl (C=O) groups is 2. The van der Waals surface area contributed by atoms with Crippen molar-refractivity contribution in [3.05, 3.63) is 28.8 Å². The lowest BCUT2D eigenvalue weighted by atomic mass is 9.96. The van der Waals surface area contributed by atoms with Crippen molar-refractivity contribution in [1.29, 1.82) is 0 Å². The van der Waals surface area contributed by atoms with E-state index >= 15 is 0 Å². The molecule has 1 heterocycles. The molecule has 0 N–H and O–H groups in total. The maximum Gasteiger partial charge on any atom is 0.309 e. The molecule has 0 spiro atoms. The van der Waals surface area contributed by atoms with Crippen LogP contribution < -0.4 is 4.31 Å². The molecule has 0 saturated carbocycles. The molecule has 7 nitrogen and oxygen atoms in total. The molecule has 0 aromatic heterocycles. The summed E-state index contributed by atoms with van der Waals surface area (Å²) in [6.07, 6.45) is 2.09. The number of nitrogens with zero attached hydrogens (tertiary/aromatic N) is 2. The number of benzene rings is 1. The van der Waals surface area contributed by atoms with Gasteiger partial charge in [0.05, 0.1) is 24.5 Å². The highest BCUT2D eigenvalue weighted by molar-refractivity contribution is 7.92. The Bertz CT molecular complexity index is 835. The molecular formula is C19H27ClN2O5S. The van der Waals surface area contributed by atoms with E-state index in [-0.39, 0.29) is 17.8 Å². The first-order chi connectivity index (χ1) is 13.1. The average Bonchev–Trinajstić information content (AvgIpc) is 2.63. The van der Waals surface area contributed by atoms with Crippen LogP contribution in [0.15, 0.2) is 18.2 Å². The normalized spacial score (nSPS) is 16.5. The zero-order valence-corrected chi connectivity index (χ0v) is 18.2. The van der Waals surface area contributed by atoms with Gasteiger partial charge in [-0.25, -0.2) is 8.42 Å². The van der Waals surface area contributed by atoms with E-state index in [0.29, 0.717) is 48.8 Å². The maximum absolute atomic E-state index is 13.0. The van der Waals surface area contributed by atoms with Gasteiger partial charge in [-0.2, -0.15) is 0 Å². The number of esters is 1. The monoisotopic (exact) mass is 430 g/mol. The van der Waals surface area contributed by atoms with Crippen LogP contribution in [0.1, 0.15) is 32.3 Å². The highest BCUT2D eigenvalue weighted by atomic mass is 35.5. The minimum Gasteiger partial charge on any atom is -0.466 e. The molecule has 0 aliphatic carbocycles. The quantitative estimate of drug-likeness (QED) is 0.647. The summed E-state index contributed by atoms with van der Waals surface area (Å²) in [5, 5.41) is 0.393. The van der Waals surface area contributed by atoms with E-state index in [1.807, 2.05) is 0 Å². The Kier molecular flexibility index (Phi) is 7.33. The van der Waals surface area contributed by atoms with Crippen LogP contribution in [0, 0.1) is 12.8 Å². The number of likely N-dealkylation sites (tertiary alicyclic amines) is 1. The van der Waals surface area contributed by atoms with E-state index in [2.05, 4.69) is 0 Å². The second-order valence-electron chi connectivity index (χ2n) is 7.02. The number of hydrogen-bond donors (Lipinski definition) is 0. The topological polar surface area (TPSA) is 84.0 Å². The molecular weight excluding hydrogens is 404 g/mol. The van der Waals surface area contributed by atoms with E-state index in [4.69, 9.17) is 16.3 Å². The molecule has 0 radical (unpaired) electrons. The summed E-state index contributed by atoms with van der Waals surface area (Å²) in [5.74, 6) is -0.762. The first-order valence-corrected chi connectivity index (χ1v) is 11.5. The summed E-state index contributed by atoms with van der Waals surface area (Å²) in [5.41, 5.74) is 1.09. The van der Waals surface area contributed by atoms with Crippen LogP contribution in [0.25, 0.3) is 0 Å². The van der Waals surface area contributed by atoms with Crippen LogP contribution in [0.3, 0.4) is 0 Å².